The first-order valence-electron chi connectivity index (χ1n) is 7.85. The molecular weight excluding hydrogens is 266 g/mol. The number of piperidine rings is 1. The summed E-state index contributed by atoms with van der Waals surface area (Å²) in [5.41, 5.74) is 1.50. The molecule has 5 heteroatoms. The third-order valence-corrected chi connectivity index (χ3v) is 3.64. The van der Waals surface area contributed by atoms with Gasteiger partial charge in [-0.05, 0) is 32.3 Å². The Kier molecular flexibility index (Phi) is 5.99. The number of hydrogen-bond donors (Lipinski definition) is 1. The first-order valence-corrected chi connectivity index (χ1v) is 7.85. The predicted octanol–water partition coefficient (Wildman–Crippen LogP) is 2.54. The van der Waals surface area contributed by atoms with E-state index < -0.39 is 0 Å². The molecule has 1 aliphatic rings. The second-order valence-corrected chi connectivity index (χ2v) is 5.34. The van der Waals surface area contributed by atoms with E-state index in [1.807, 2.05) is 17.9 Å². The summed E-state index contributed by atoms with van der Waals surface area (Å²) < 4.78 is 5.80. The number of ether oxygens (including phenoxy) is 1. The fourth-order valence-electron chi connectivity index (χ4n) is 2.62. The van der Waals surface area contributed by atoms with Crippen LogP contribution in [0.15, 0.2) is 18.5 Å². The number of likely N-dealkylation sites (tertiary alicyclic amines) is 1. The summed E-state index contributed by atoms with van der Waals surface area (Å²) in [6.45, 7) is 7.15. The molecule has 1 atom stereocenters. The third-order valence-electron chi connectivity index (χ3n) is 3.64. The fraction of sp³-hybridized carbons (Fsp3) is 0.625. The van der Waals surface area contributed by atoms with Crippen LogP contribution in [0.4, 0.5) is 5.69 Å². The highest BCUT2D eigenvalue weighted by Crippen LogP contribution is 2.20. The van der Waals surface area contributed by atoms with Crippen molar-refractivity contribution in [2.45, 2.75) is 39.2 Å². The SMILES string of the molecule is CCCOC1CCCN(C(=O)c2cnccc2NCC)C1. The number of aromatic nitrogens is 1. The maximum Gasteiger partial charge on any atom is 0.257 e. The van der Waals surface area contributed by atoms with E-state index in [1.165, 1.54) is 0 Å². The molecule has 2 heterocycles. The van der Waals surface area contributed by atoms with E-state index in [4.69, 9.17) is 4.74 Å². The average Bonchev–Trinajstić information content (AvgIpc) is 2.53. The number of nitrogens with zero attached hydrogens (tertiary/aromatic N) is 2. The summed E-state index contributed by atoms with van der Waals surface area (Å²) in [5.74, 6) is 0.0452. The summed E-state index contributed by atoms with van der Waals surface area (Å²) in [7, 11) is 0. The maximum absolute atomic E-state index is 12.7. The van der Waals surface area contributed by atoms with Crippen molar-refractivity contribution in [2.24, 2.45) is 0 Å². The first-order chi connectivity index (χ1) is 10.3. The standard InChI is InChI=1S/C16H25N3O2/c1-3-10-21-13-6-5-9-19(12-13)16(20)14-11-17-8-7-15(14)18-4-2/h7-8,11,13H,3-6,9-10,12H2,1-2H3,(H,17,18). The number of hydrogen-bond acceptors (Lipinski definition) is 4. The Morgan fingerprint density at radius 1 is 1.52 bits per heavy atom. The van der Waals surface area contributed by atoms with Crippen LogP contribution in [0.5, 0.6) is 0 Å². The largest absolute Gasteiger partial charge is 0.385 e. The summed E-state index contributed by atoms with van der Waals surface area (Å²) in [5, 5.41) is 3.22. The van der Waals surface area contributed by atoms with Gasteiger partial charge in [-0.2, -0.15) is 0 Å². The van der Waals surface area contributed by atoms with E-state index in [9.17, 15) is 4.79 Å². The van der Waals surface area contributed by atoms with Gasteiger partial charge in [0.25, 0.3) is 5.91 Å². The van der Waals surface area contributed by atoms with Crippen molar-refractivity contribution in [3.8, 4) is 0 Å². The Hall–Kier alpha value is -1.62. The average molecular weight is 291 g/mol. The number of pyridine rings is 1. The minimum absolute atomic E-state index is 0.0452. The van der Waals surface area contributed by atoms with Crippen molar-refractivity contribution in [2.75, 3.05) is 31.6 Å². The molecule has 0 aliphatic carbocycles. The molecule has 0 bridgehead atoms. The molecule has 116 valence electrons. The van der Waals surface area contributed by atoms with Crippen LogP contribution in [0.2, 0.25) is 0 Å². The summed E-state index contributed by atoms with van der Waals surface area (Å²) in [4.78, 5) is 18.7. The maximum atomic E-state index is 12.7. The van der Waals surface area contributed by atoms with Crippen molar-refractivity contribution < 1.29 is 9.53 Å². The molecule has 1 unspecified atom stereocenters. The summed E-state index contributed by atoms with van der Waals surface area (Å²) >= 11 is 0. The van der Waals surface area contributed by atoms with E-state index in [1.54, 1.807) is 12.4 Å². The summed E-state index contributed by atoms with van der Waals surface area (Å²) in [6.07, 6.45) is 6.57. The smallest absolute Gasteiger partial charge is 0.257 e. The van der Waals surface area contributed by atoms with Gasteiger partial charge < -0.3 is 15.0 Å². The molecule has 0 aromatic carbocycles. The van der Waals surface area contributed by atoms with Gasteiger partial charge >= 0.3 is 0 Å². The minimum atomic E-state index is 0.0452. The van der Waals surface area contributed by atoms with Gasteiger partial charge in [0.05, 0.1) is 17.4 Å². The topological polar surface area (TPSA) is 54.5 Å². The number of rotatable bonds is 6. The first kappa shape index (κ1) is 15.8. The van der Waals surface area contributed by atoms with Gasteiger partial charge in [0, 0.05) is 38.6 Å². The Morgan fingerprint density at radius 2 is 2.38 bits per heavy atom. The normalized spacial score (nSPS) is 18.6. The second-order valence-electron chi connectivity index (χ2n) is 5.34. The molecule has 21 heavy (non-hydrogen) atoms. The van der Waals surface area contributed by atoms with Crippen LogP contribution < -0.4 is 5.32 Å². The highest BCUT2D eigenvalue weighted by Gasteiger charge is 2.26. The molecule has 1 aromatic rings. The Bertz CT molecular complexity index is 465. The van der Waals surface area contributed by atoms with E-state index >= 15 is 0 Å². The molecule has 1 aliphatic heterocycles. The molecule has 1 N–H and O–H groups in total. The third kappa shape index (κ3) is 4.17. The Labute approximate surface area is 126 Å². The van der Waals surface area contributed by atoms with Gasteiger partial charge in [0.1, 0.15) is 0 Å². The van der Waals surface area contributed by atoms with Gasteiger partial charge in [-0.15, -0.1) is 0 Å². The fourth-order valence-corrected chi connectivity index (χ4v) is 2.62. The van der Waals surface area contributed by atoms with Gasteiger partial charge in [-0.25, -0.2) is 0 Å². The van der Waals surface area contributed by atoms with Gasteiger partial charge in [0.15, 0.2) is 0 Å². The minimum Gasteiger partial charge on any atom is -0.385 e. The monoisotopic (exact) mass is 291 g/mol. The van der Waals surface area contributed by atoms with Crippen molar-refractivity contribution >= 4 is 11.6 Å². The van der Waals surface area contributed by atoms with Gasteiger partial charge in [-0.1, -0.05) is 6.92 Å². The van der Waals surface area contributed by atoms with E-state index in [0.29, 0.717) is 12.1 Å². The Morgan fingerprint density at radius 3 is 3.14 bits per heavy atom. The molecule has 5 nitrogen and oxygen atoms in total. The molecular formula is C16H25N3O2. The highest BCUT2D eigenvalue weighted by molar-refractivity contribution is 5.99. The molecule has 0 saturated carbocycles. The zero-order chi connectivity index (χ0) is 15.1. The molecule has 1 fully saturated rings. The highest BCUT2D eigenvalue weighted by atomic mass is 16.5. The van der Waals surface area contributed by atoms with Crippen LogP contribution in [0, 0.1) is 0 Å². The van der Waals surface area contributed by atoms with E-state index in [0.717, 1.165) is 44.6 Å². The van der Waals surface area contributed by atoms with E-state index in [2.05, 4.69) is 17.2 Å². The van der Waals surface area contributed by atoms with Crippen LogP contribution >= 0.6 is 0 Å². The number of anilines is 1. The van der Waals surface area contributed by atoms with Crippen LogP contribution in [-0.2, 0) is 4.74 Å². The number of carbonyl (C=O) groups excluding carboxylic acids is 1. The lowest BCUT2D eigenvalue weighted by Crippen LogP contribution is -2.43. The number of carbonyl (C=O) groups is 1. The molecule has 0 spiro atoms. The number of nitrogens with one attached hydrogen (secondary N) is 1. The van der Waals surface area contributed by atoms with Crippen LogP contribution in [0.3, 0.4) is 0 Å². The van der Waals surface area contributed by atoms with Crippen molar-refractivity contribution in [1.29, 1.82) is 0 Å². The lowest BCUT2D eigenvalue weighted by molar-refractivity contribution is 0.00213. The summed E-state index contributed by atoms with van der Waals surface area (Å²) in [6, 6.07) is 1.85. The molecule has 0 radical (unpaired) electrons. The number of amides is 1. The zero-order valence-corrected chi connectivity index (χ0v) is 13.0. The lowest BCUT2D eigenvalue weighted by atomic mass is 10.1. The molecule has 1 amide bonds. The molecule has 1 aromatic heterocycles. The quantitative estimate of drug-likeness (QED) is 0.875. The molecule has 1 saturated heterocycles. The van der Waals surface area contributed by atoms with Crippen LogP contribution in [0.25, 0.3) is 0 Å². The van der Waals surface area contributed by atoms with E-state index in [-0.39, 0.29) is 12.0 Å². The zero-order valence-electron chi connectivity index (χ0n) is 13.0. The van der Waals surface area contributed by atoms with Crippen molar-refractivity contribution in [3.05, 3.63) is 24.0 Å². The van der Waals surface area contributed by atoms with Gasteiger partial charge in [-0.3, -0.25) is 9.78 Å². The molecule has 2 rings (SSSR count). The van der Waals surface area contributed by atoms with Gasteiger partial charge in [0.2, 0.25) is 0 Å². The van der Waals surface area contributed by atoms with Crippen LogP contribution in [-0.4, -0.2) is 48.1 Å². The lowest BCUT2D eigenvalue weighted by Gasteiger charge is -2.33. The van der Waals surface area contributed by atoms with Crippen molar-refractivity contribution in [1.82, 2.24) is 9.88 Å². The Balaban J connectivity index is 2.05. The van der Waals surface area contributed by atoms with Crippen molar-refractivity contribution in [3.63, 3.8) is 0 Å². The predicted molar refractivity (Wildman–Crippen MR) is 83.6 cm³/mol. The van der Waals surface area contributed by atoms with Crippen LogP contribution in [0.1, 0.15) is 43.5 Å². The second kappa shape index (κ2) is 7.98.